The molecule has 1 N–H and O–H groups in total. The number of aryl methyl sites for hydroxylation is 1. The van der Waals surface area contributed by atoms with E-state index in [9.17, 15) is 4.79 Å². The summed E-state index contributed by atoms with van der Waals surface area (Å²) in [5.41, 5.74) is 2.59. The van der Waals surface area contributed by atoms with Gasteiger partial charge < -0.3 is 5.32 Å². The van der Waals surface area contributed by atoms with Crippen LogP contribution in [0.1, 0.15) is 12.0 Å². The van der Waals surface area contributed by atoms with Crippen LogP contribution in [0.25, 0.3) is 28.1 Å². The number of carbonyl (C=O) groups is 1. The Morgan fingerprint density at radius 1 is 1.26 bits per heavy atom. The number of fused-ring (bicyclic) bond motifs is 1. The highest BCUT2D eigenvalue weighted by atomic mass is 32.2. The van der Waals surface area contributed by atoms with Gasteiger partial charge in [-0.1, -0.05) is 66.4 Å². The molecule has 0 radical (unpaired) electrons. The number of nitriles is 1. The quantitative estimate of drug-likeness (QED) is 0.536. The zero-order valence-electron chi connectivity index (χ0n) is 14.2. The van der Waals surface area contributed by atoms with E-state index >= 15 is 0 Å². The van der Waals surface area contributed by atoms with Crippen LogP contribution in [0.3, 0.4) is 0 Å². The van der Waals surface area contributed by atoms with Crippen molar-refractivity contribution in [2.45, 2.75) is 13.0 Å². The highest BCUT2D eigenvalue weighted by Crippen LogP contribution is 2.33. The highest BCUT2D eigenvalue weighted by Gasteiger charge is 2.23. The van der Waals surface area contributed by atoms with Crippen molar-refractivity contribution in [2.75, 3.05) is 0 Å². The van der Waals surface area contributed by atoms with Crippen LogP contribution in [0.5, 0.6) is 0 Å². The lowest BCUT2D eigenvalue weighted by Gasteiger charge is -2.05. The van der Waals surface area contributed by atoms with Crippen LogP contribution in [0.4, 0.5) is 0 Å². The molecule has 2 heterocycles. The third-order valence-corrected chi connectivity index (χ3v) is 5.38. The number of thioether (sulfide) groups is 1. The predicted molar refractivity (Wildman–Crippen MR) is 112 cm³/mol. The van der Waals surface area contributed by atoms with E-state index in [-0.39, 0.29) is 5.91 Å². The van der Waals surface area contributed by atoms with Crippen LogP contribution in [-0.4, -0.2) is 20.0 Å². The van der Waals surface area contributed by atoms with E-state index in [1.807, 2.05) is 36.5 Å². The molecule has 4 rings (SSSR count). The van der Waals surface area contributed by atoms with Gasteiger partial charge in [-0.3, -0.25) is 9.48 Å². The second-order valence-electron chi connectivity index (χ2n) is 5.98. The van der Waals surface area contributed by atoms with Gasteiger partial charge in [-0.2, -0.15) is 10.4 Å². The molecule has 1 aliphatic heterocycles. The van der Waals surface area contributed by atoms with E-state index in [1.165, 1.54) is 11.8 Å². The lowest BCUT2D eigenvalue weighted by Crippen LogP contribution is -2.17. The smallest absolute Gasteiger partial charge is 0.263 e. The standard InChI is InChI=1S/C20H14N4OS2/c21-9-4-10-24-12-14(11-17-19(25)22-20(26)27-17)18(23-24)16-8-3-6-13-5-1-2-7-15(13)16/h1-3,5-8,11-12H,4,10H2,(H,22,25,26)/b17-11+. The van der Waals surface area contributed by atoms with Crippen molar-refractivity contribution in [3.05, 3.63) is 59.1 Å². The first-order chi connectivity index (χ1) is 13.2. The van der Waals surface area contributed by atoms with Gasteiger partial charge in [-0.15, -0.1) is 0 Å². The molecule has 1 aliphatic rings. The van der Waals surface area contributed by atoms with Crippen molar-refractivity contribution in [3.8, 4) is 17.3 Å². The fourth-order valence-electron chi connectivity index (χ4n) is 3.03. The van der Waals surface area contributed by atoms with Crippen molar-refractivity contribution in [1.82, 2.24) is 15.1 Å². The van der Waals surface area contributed by atoms with E-state index < -0.39 is 0 Å². The fraction of sp³-hybridized carbons (Fsp3) is 0.100. The van der Waals surface area contributed by atoms with Gasteiger partial charge in [-0.05, 0) is 16.8 Å². The topological polar surface area (TPSA) is 70.7 Å². The lowest BCUT2D eigenvalue weighted by atomic mass is 10.00. The third kappa shape index (κ3) is 3.50. The molecule has 0 atom stereocenters. The van der Waals surface area contributed by atoms with Crippen molar-refractivity contribution >= 4 is 51.1 Å². The summed E-state index contributed by atoms with van der Waals surface area (Å²) in [5.74, 6) is -0.196. The number of thiocarbonyl (C=S) groups is 1. The number of rotatable bonds is 4. The summed E-state index contributed by atoms with van der Waals surface area (Å²) < 4.78 is 2.21. The molecular weight excluding hydrogens is 376 g/mol. The largest absolute Gasteiger partial charge is 0.307 e. The van der Waals surface area contributed by atoms with E-state index in [0.29, 0.717) is 22.2 Å². The molecule has 1 fully saturated rings. The van der Waals surface area contributed by atoms with Crippen LogP contribution in [0.2, 0.25) is 0 Å². The number of nitrogens with one attached hydrogen (secondary N) is 1. The Kier molecular flexibility index (Phi) is 4.75. The zero-order chi connectivity index (χ0) is 18.8. The molecule has 27 heavy (non-hydrogen) atoms. The maximum Gasteiger partial charge on any atom is 0.263 e. The number of nitrogens with zero attached hydrogens (tertiary/aromatic N) is 3. The molecule has 0 spiro atoms. The molecule has 0 saturated carbocycles. The SMILES string of the molecule is N#CCCn1cc(/C=C2/SC(=S)NC2=O)c(-c2cccc3ccccc23)n1. The first kappa shape index (κ1) is 17.5. The summed E-state index contributed by atoms with van der Waals surface area (Å²) in [6.45, 7) is 0.495. The minimum atomic E-state index is -0.196. The number of hydrogen-bond acceptors (Lipinski definition) is 5. The minimum Gasteiger partial charge on any atom is -0.307 e. The molecule has 1 amide bonds. The summed E-state index contributed by atoms with van der Waals surface area (Å²) in [6.07, 6.45) is 4.05. The van der Waals surface area contributed by atoms with Crippen LogP contribution in [0.15, 0.2) is 53.6 Å². The molecule has 1 saturated heterocycles. The summed E-state index contributed by atoms with van der Waals surface area (Å²) in [6, 6.07) is 16.3. The number of hydrogen-bond donors (Lipinski definition) is 1. The Morgan fingerprint density at radius 3 is 2.85 bits per heavy atom. The fourth-order valence-corrected chi connectivity index (χ4v) is 4.06. The highest BCUT2D eigenvalue weighted by molar-refractivity contribution is 8.26. The van der Waals surface area contributed by atoms with E-state index in [2.05, 4.69) is 29.6 Å². The van der Waals surface area contributed by atoms with Gasteiger partial charge in [0, 0.05) is 17.3 Å². The monoisotopic (exact) mass is 390 g/mol. The molecule has 0 unspecified atom stereocenters. The predicted octanol–water partition coefficient (Wildman–Crippen LogP) is 4.11. The molecule has 0 bridgehead atoms. The molecule has 7 heteroatoms. The maximum atomic E-state index is 12.1. The number of carbonyl (C=O) groups excluding carboxylic acids is 1. The van der Waals surface area contributed by atoms with Gasteiger partial charge in [-0.25, -0.2) is 0 Å². The molecule has 5 nitrogen and oxygen atoms in total. The van der Waals surface area contributed by atoms with Crippen molar-refractivity contribution in [3.63, 3.8) is 0 Å². The van der Waals surface area contributed by atoms with Gasteiger partial charge >= 0.3 is 0 Å². The molecule has 2 aromatic carbocycles. The summed E-state index contributed by atoms with van der Waals surface area (Å²) in [7, 11) is 0. The Labute approximate surface area is 165 Å². The van der Waals surface area contributed by atoms with Crippen molar-refractivity contribution < 1.29 is 4.79 Å². The van der Waals surface area contributed by atoms with Crippen LogP contribution < -0.4 is 5.32 Å². The van der Waals surface area contributed by atoms with E-state index in [0.717, 1.165) is 27.6 Å². The molecule has 3 aromatic rings. The third-order valence-electron chi connectivity index (χ3n) is 4.22. The zero-order valence-corrected chi connectivity index (χ0v) is 15.8. The summed E-state index contributed by atoms with van der Waals surface area (Å²) in [5, 5.41) is 18.4. The average Bonchev–Trinajstić information content (AvgIpc) is 3.22. The maximum absolute atomic E-state index is 12.1. The second-order valence-corrected chi connectivity index (χ2v) is 7.70. The average molecular weight is 390 g/mol. The van der Waals surface area contributed by atoms with Gasteiger partial charge in [0.15, 0.2) is 0 Å². The molecule has 0 aliphatic carbocycles. The Bertz CT molecular complexity index is 1140. The lowest BCUT2D eigenvalue weighted by molar-refractivity contribution is -0.115. The van der Waals surface area contributed by atoms with Gasteiger partial charge in [0.25, 0.3) is 5.91 Å². The number of aromatic nitrogens is 2. The second kappa shape index (κ2) is 7.35. The molecular formula is C20H14N4OS2. The Morgan fingerprint density at radius 2 is 2.07 bits per heavy atom. The summed E-state index contributed by atoms with van der Waals surface area (Å²) >= 11 is 6.32. The van der Waals surface area contributed by atoms with Crippen molar-refractivity contribution in [1.29, 1.82) is 5.26 Å². The Balaban J connectivity index is 1.87. The minimum absolute atomic E-state index is 0.196. The van der Waals surface area contributed by atoms with Gasteiger partial charge in [0.1, 0.15) is 10.0 Å². The molecule has 132 valence electrons. The van der Waals surface area contributed by atoms with Crippen LogP contribution in [0, 0.1) is 11.3 Å². The number of amides is 1. The Hall–Kier alpha value is -2.95. The first-order valence-electron chi connectivity index (χ1n) is 8.33. The van der Waals surface area contributed by atoms with E-state index in [1.54, 1.807) is 4.68 Å². The molecule has 1 aromatic heterocycles. The first-order valence-corrected chi connectivity index (χ1v) is 9.55. The number of benzene rings is 2. The van der Waals surface area contributed by atoms with Crippen molar-refractivity contribution in [2.24, 2.45) is 0 Å². The van der Waals surface area contributed by atoms with Crippen LogP contribution in [-0.2, 0) is 11.3 Å². The van der Waals surface area contributed by atoms with Crippen LogP contribution >= 0.6 is 24.0 Å². The summed E-state index contributed by atoms with van der Waals surface area (Å²) in [4.78, 5) is 12.6. The van der Waals surface area contributed by atoms with Gasteiger partial charge in [0.2, 0.25) is 0 Å². The van der Waals surface area contributed by atoms with Gasteiger partial charge in [0.05, 0.1) is 23.9 Å². The van der Waals surface area contributed by atoms with E-state index in [4.69, 9.17) is 22.6 Å². The normalized spacial score (nSPS) is 15.3.